The van der Waals surface area contributed by atoms with Crippen molar-refractivity contribution < 1.29 is 9.53 Å². The predicted octanol–water partition coefficient (Wildman–Crippen LogP) is 1.49. The summed E-state index contributed by atoms with van der Waals surface area (Å²) in [6.07, 6.45) is 3.40. The fourth-order valence-electron chi connectivity index (χ4n) is 4.84. The number of thiazole rings is 1. The minimum atomic E-state index is -0.0931. The van der Waals surface area contributed by atoms with E-state index >= 15 is 0 Å². The van der Waals surface area contributed by atoms with Crippen molar-refractivity contribution in [3.8, 4) is 0 Å². The van der Waals surface area contributed by atoms with Crippen LogP contribution in [0.5, 0.6) is 0 Å². The highest BCUT2D eigenvalue weighted by Gasteiger charge is 2.45. The Bertz CT molecular complexity index is 986. The molecule has 3 aliphatic rings. The van der Waals surface area contributed by atoms with Crippen LogP contribution in [-0.4, -0.2) is 65.2 Å². The first-order valence-corrected chi connectivity index (χ1v) is 11.1. The summed E-state index contributed by atoms with van der Waals surface area (Å²) < 4.78 is 5.42. The first kappa shape index (κ1) is 18.7. The first-order valence-electron chi connectivity index (χ1n) is 10.2. The van der Waals surface area contributed by atoms with Crippen molar-refractivity contribution in [2.45, 2.75) is 38.0 Å². The van der Waals surface area contributed by atoms with Gasteiger partial charge in [0, 0.05) is 37.2 Å². The maximum absolute atomic E-state index is 12.9. The normalized spacial score (nSPS) is 20.9. The van der Waals surface area contributed by atoms with Crippen LogP contribution in [0.25, 0.3) is 0 Å². The monoisotopic (exact) mass is 415 g/mol. The summed E-state index contributed by atoms with van der Waals surface area (Å²) in [5.74, 6) is 0.739. The lowest BCUT2D eigenvalue weighted by Gasteiger charge is -2.39. The van der Waals surface area contributed by atoms with Gasteiger partial charge in [0.15, 0.2) is 0 Å². The van der Waals surface area contributed by atoms with Crippen molar-refractivity contribution in [3.63, 3.8) is 0 Å². The first-order chi connectivity index (χ1) is 14.1. The highest BCUT2D eigenvalue weighted by atomic mass is 32.1. The molecule has 1 N–H and O–H groups in total. The molecule has 0 atom stereocenters. The van der Waals surface area contributed by atoms with Crippen LogP contribution in [0.1, 0.15) is 45.9 Å². The third kappa shape index (κ3) is 3.16. The molecule has 2 aromatic rings. The number of likely N-dealkylation sites (tertiary alicyclic amines) is 1. The zero-order chi connectivity index (χ0) is 20.0. The van der Waals surface area contributed by atoms with Gasteiger partial charge in [0.2, 0.25) is 5.95 Å². The Labute approximate surface area is 172 Å². The van der Waals surface area contributed by atoms with Crippen LogP contribution < -0.4 is 10.5 Å². The van der Waals surface area contributed by atoms with E-state index in [1.165, 1.54) is 11.3 Å². The molecule has 2 fully saturated rings. The second kappa shape index (κ2) is 7.21. The second-order valence-corrected chi connectivity index (χ2v) is 9.01. The van der Waals surface area contributed by atoms with E-state index in [0.717, 1.165) is 60.6 Å². The molecule has 0 bridgehead atoms. The molecule has 8 nitrogen and oxygen atoms in total. The molecule has 1 amide bonds. The van der Waals surface area contributed by atoms with Gasteiger partial charge < -0.3 is 14.5 Å². The summed E-state index contributed by atoms with van der Waals surface area (Å²) >= 11 is 1.41. The zero-order valence-corrected chi connectivity index (χ0v) is 17.4. The van der Waals surface area contributed by atoms with Crippen LogP contribution in [0, 0.1) is 6.92 Å². The molecule has 0 aromatic carbocycles. The minimum Gasteiger partial charge on any atom is -0.378 e. The lowest BCUT2D eigenvalue weighted by atomic mass is 9.76. The quantitative estimate of drug-likeness (QED) is 0.799. The summed E-state index contributed by atoms with van der Waals surface area (Å²) in [5, 5.41) is 0. The number of morpholine rings is 1. The lowest BCUT2D eigenvalue weighted by molar-refractivity contribution is 0.0667. The molecule has 2 aliphatic heterocycles. The highest BCUT2D eigenvalue weighted by molar-refractivity contribution is 7.11. The summed E-state index contributed by atoms with van der Waals surface area (Å²) in [6.45, 7) is 6.05. The van der Waals surface area contributed by atoms with Gasteiger partial charge in [-0.3, -0.25) is 14.6 Å². The van der Waals surface area contributed by atoms with E-state index in [1.54, 1.807) is 5.51 Å². The standard InChI is InChI=1S/C20H25N5O3S/c1-13-15(29-12-21-13)18(27)24-6-4-20(5-7-24)3-2-14-16(20)22-19(23-17(14)26)25-8-10-28-11-9-25/h12H,2-11H2,1H3,(H,22,23,26). The van der Waals surface area contributed by atoms with E-state index in [4.69, 9.17) is 9.72 Å². The number of nitrogens with zero attached hydrogens (tertiary/aromatic N) is 4. The molecule has 9 heteroatoms. The van der Waals surface area contributed by atoms with Crippen LogP contribution in [0.2, 0.25) is 0 Å². The van der Waals surface area contributed by atoms with Crippen LogP contribution in [0.4, 0.5) is 5.95 Å². The number of piperidine rings is 1. The maximum Gasteiger partial charge on any atom is 0.265 e. The van der Waals surface area contributed by atoms with Crippen LogP contribution >= 0.6 is 11.3 Å². The van der Waals surface area contributed by atoms with Gasteiger partial charge in [0.25, 0.3) is 11.5 Å². The molecule has 0 unspecified atom stereocenters. The van der Waals surface area contributed by atoms with Crippen LogP contribution in [0.15, 0.2) is 10.3 Å². The Morgan fingerprint density at radius 3 is 2.66 bits per heavy atom. The molecule has 1 spiro atoms. The number of nitrogens with one attached hydrogen (secondary N) is 1. The lowest BCUT2D eigenvalue weighted by Crippen LogP contribution is -2.45. The van der Waals surface area contributed by atoms with Crippen molar-refractivity contribution in [3.05, 3.63) is 37.7 Å². The summed E-state index contributed by atoms with van der Waals surface area (Å²) in [7, 11) is 0. The largest absolute Gasteiger partial charge is 0.378 e. The Morgan fingerprint density at radius 1 is 1.21 bits per heavy atom. The molecule has 5 rings (SSSR count). The molecule has 0 radical (unpaired) electrons. The number of rotatable bonds is 2. The van der Waals surface area contributed by atoms with E-state index < -0.39 is 0 Å². The van der Waals surface area contributed by atoms with E-state index in [1.807, 2.05) is 11.8 Å². The number of aromatic nitrogens is 3. The van der Waals surface area contributed by atoms with E-state index in [9.17, 15) is 9.59 Å². The third-order valence-corrected chi connectivity index (χ3v) is 7.53. The number of hydrogen-bond acceptors (Lipinski definition) is 7. The van der Waals surface area contributed by atoms with Gasteiger partial charge in [-0.15, -0.1) is 11.3 Å². The average Bonchev–Trinajstić information content (AvgIpc) is 3.33. The van der Waals surface area contributed by atoms with Crippen molar-refractivity contribution >= 4 is 23.2 Å². The topological polar surface area (TPSA) is 91.4 Å². The second-order valence-electron chi connectivity index (χ2n) is 8.16. The molecule has 2 aromatic heterocycles. The number of H-pyrrole nitrogens is 1. The van der Waals surface area contributed by atoms with E-state index in [0.29, 0.717) is 32.3 Å². The zero-order valence-electron chi connectivity index (χ0n) is 16.6. The van der Waals surface area contributed by atoms with Gasteiger partial charge in [0.1, 0.15) is 4.88 Å². The Hall–Kier alpha value is -2.26. The van der Waals surface area contributed by atoms with Gasteiger partial charge in [-0.2, -0.15) is 0 Å². The van der Waals surface area contributed by atoms with E-state index in [2.05, 4.69) is 14.9 Å². The third-order valence-electron chi connectivity index (χ3n) is 6.62. The van der Waals surface area contributed by atoms with Gasteiger partial charge in [0.05, 0.1) is 30.1 Å². The summed E-state index contributed by atoms with van der Waals surface area (Å²) in [6, 6.07) is 0. The molecule has 4 heterocycles. The number of aromatic amines is 1. The van der Waals surface area contributed by atoms with Crippen molar-refractivity contribution in [2.75, 3.05) is 44.3 Å². The van der Waals surface area contributed by atoms with Crippen LogP contribution in [0.3, 0.4) is 0 Å². The molecule has 0 saturated carbocycles. The van der Waals surface area contributed by atoms with Gasteiger partial charge >= 0.3 is 0 Å². The van der Waals surface area contributed by atoms with Crippen molar-refractivity contribution in [1.82, 2.24) is 19.9 Å². The number of carbonyl (C=O) groups is 1. The number of fused-ring (bicyclic) bond motifs is 2. The maximum atomic E-state index is 12.9. The van der Waals surface area contributed by atoms with Crippen molar-refractivity contribution in [2.24, 2.45) is 0 Å². The summed E-state index contributed by atoms with van der Waals surface area (Å²) in [5.41, 5.74) is 4.22. The number of carbonyl (C=O) groups excluding carboxylic acids is 1. The predicted molar refractivity (Wildman–Crippen MR) is 110 cm³/mol. The molecular weight excluding hydrogens is 390 g/mol. The SMILES string of the molecule is Cc1ncsc1C(=O)N1CCC2(CCc3c2nc(N2CCOCC2)[nH]c3=O)CC1. The Balaban J connectivity index is 1.39. The molecule has 154 valence electrons. The minimum absolute atomic E-state index is 0.00726. The van der Waals surface area contributed by atoms with Crippen molar-refractivity contribution in [1.29, 1.82) is 0 Å². The number of ether oxygens (including phenoxy) is 1. The smallest absolute Gasteiger partial charge is 0.265 e. The van der Waals surface area contributed by atoms with E-state index in [-0.39, 0.29) is 16.9 Å². The molecule has 1 aliphatic carbocycles. The Kier molecular flexibility index (Phi) is 4.66. The fraction of sp³-hybridized carbons (Fsp3) is 0.600. The molecule has 29 heavy (non-hydrogen) atoms. The fourth-order valence-corrected chi connectivity index (χ4v) is 5.61. The molecule has 2 saturated heterocycles. The number of aryl methyl sites for hydroxylation is 1. The van der Waals surface area contributed by atoms with Crippen LogP contribution in [-0.2, 0) is 16.6 Å². The van der Waals surface area contributed by atoms with Gasteiger partial charge in [-0.1, -0.05) is 0 Å². The molecular formula is C20H25N5O3S. The highest BCUT2D eigenvalue weighted by Crippen LogP contribution is 2.44. The summed E-state index contributed by atoms with van der Waals surface area (Å²) in [4.78, 5) is 42.5. The number of anilines is 1. The van der Waals surface area contributed by atoms with Gasteiger partial charge in [-0.05, 0) is 32.6 Å². The Morgan fingerprint density at radius 2 is 1.97 bits per heavy atom. The number of amides is 1. The number of hydrogen-bond donors (Lipinski definition) is 1. The average molecular weight is 416 g/mol. The van der Waals surface area contributed by atoms with Gasteiger partial charge in [-0.25, -0.2) is 9.97 Å².